The Morgan fingerprint density at radius 2 is 2.05 bits per heavy atom. The van der Waals surface area contributed by atoms with Gasteiger partial charge in [-0.1, -0.05) is 12.5 Å². The maximum atomic E-state index is 13.6. The molecule has 4 aliphatic rings. The van der Waals surface area contributed by atoms with Crippen LogP contribution in [0.15, 0.2) is 41.4 Å². The van der Waals surface area contributed by atoms with Gasteiger partial charge in [-0.25, -0.2) is 4.99 Å². The first-order chi connectivity index (χ1) is 18.3. The van der Waals surface area contributed by atoms with E-state index in [1.54, 1.807) is 25.3 Å². The number of guanidine groups is 1. The summed E-state index contributed by atoms with van der Waals surface area (Å²) in [5.41, 5.74) is 8.78. The summed E-state index contributed by atoms with van der Waals surface area (Å²) >= 11 is 0. The molecule has 2 amide bonds. The van der Waals surface area contributed by atoms with Gasteiger partial charge in [0.05, 0.1) is 31.8 Å². The van der Waals surface area contributed by atoms with Crippen molar-refractivity contribution in [3.05, 3.63) is 58.7 Å². The number of aliphatic imine (C=N–C) groups is 1. The second kappa shape index (κ2) is 10.6. The molecule has 6 rings (SSSR count). The molecule has 6 bridgehead atoms. The molecule has 0 saturated carbocycles. The normalized spacial score (nSPS) is 25.2. The minimum Gasteiger partial charge on any atom is -0.494 e. The molecule has 2 aromatic rings. The molecule has 3 atom stereocenters. The lowest BCUT2D eigenvalue weighted by atomic mass is 9.91. The Balaban J connectivity index is 1.55. The van der Waals surface area contributed by atoms with E-state index in [1.807, 2.05) is 19.9 Å². The first kappa shape index (κ1) is 26.0. The van der Waals surface area contributed by atoms with Crippen LogP contribution in [0.25, 0.3) is 0 Å². The highest BCUT2D eigenvalue weighted by atomic mass is 16.5. The maximum absolute atomic E-state index is 13.6. The largest absolute Gasteiger partial charge is 0.494 e. The Bertz CT molecular complexity index is 1260. The van der Waals surface area contributed by atoms with Crippen LogP contribution in [-0.2, 0) is 22.5 Å². The van der Waals surface area contributed by atoms with Gasteiger partial charge in [-0.15, -0.1) is 0 Å². The molecule has 9 nitrogen and oxygen atoms in total. The summed E-state index contributed by atoms with van der Waals surface area (Å²) in [6.45, 7) is 4.79. The smallest absolute Gasteiger partial charge is 0.251 e. The van der Waals surface area contributed by atoms with Gasteiger partial charge < -0.3 is 25.3 Å². The minimum absolute atomic E-state index is 0.0698. The van der Waals surface area contributed by atoms with E-state index in [4.69, 9.17) is 19.9 Å². The first-order valence-electron chi connectivity index (χ1n) is 13.3. The number of methoxy groups -OCH3 is 1. The van der Waals surface area contributed by atoms with E-state index < -0.39 is 11.6 Å². The van der Waals surface area contributed by atoms with Crippen LogP contribution in [0, 0.1) is 0 Å². The molecule has 4 aliphatic heterocycles. The van der Waals surface area contributed by atoms with Crippen molar-refractivity contribution in [2.24, 2.45) is 10.7 Å². The van der Waals surface area contributed by atoms with E-state index in [9.17, 15) is 9.59 Å². The number of carbonyl (C=O) groups is 2. The molecule has 38 heavy (non-hydrogen) atoms. The maximum Gasteiger partial charge on any atom is 0.251 e. The summed E-state index contributed by atoms with van der Waals surface area (Å²) in [5.74, 6) is 1.25. The third kappa shape index (κ3) is 5.07. The van der Waals surface area contributed by atoms with Crippen LogP contribution in [0.3, 0.4) is 0 Å². The molecule has 0 saturated heterocycles. The van der Waals surface area contributed by atoms with Gasteiger partial charge in [-0.3, -0.25) is 14.5 Å². The van der Waals surface area contributed by atoms with Crippen molar-refractivity contribution < 1.29 is 23.8 Å². The zero-order valence-corrected chi connectivity index (χ0v) is 22.3. The van der Waals surface area contributed by atoms with Crippen LogP contribution in [0.5, 0.6) is 11.5 Å². The molecule has 9 heteroatoms. The molecule has 3 unspecified atom stereocenters. The van der Waals surface area contributed by atoms with Crippen LogP contribution in [0.1, 0.15) is 72.6 Å². The molecule has 4 heterocycles. The van der Waals surface area contributed by atoms with Gasteiger partial charge in [-0.05, 0) is 69.0 Å². The molecule has 0 spiro atoms. The van der Waals surface area contributed by atoms with Gasteiger partial charge in [0.2, 0.25) is 5.91 Å². The van der Waals surface area contributed by atoms with Gasteiger partial charge in [0, 0.05) is 30.2 Å². The van der Waals surface area contributed by atoms with Crippen LogP contribution >= 0.6 is 0 Å². The fourth-order valence-corrected chi connectivity index (χ4v) is 5.65. The lowest BCUT2D eigenvalue weighted by Gasteiger charge is -2.31. The Labute approximate surface area is 223 Å². The fraction of sp³-hybridized carbons (Fsp3) is 0.483. The average molecular weight is 521 g/mol. The standard InChI is InChI=1S/C29H36N4O5/c1-4-37-23-12-10-19-14-20(23)16-33-25(34)15-21(31-28(33)30)8-6-5-7-18-9-11-24-22(13-18)26(32-27(19)35)29(2,38-24)17-36-3/h9-14,21,26H,4-8,15-17H2,1-3H3,(H2,30,31)(H,32,35). The topological polar surface area (TPSA) is 115 Å². The molecular weight excluding hydrogens is 484 g/mol. The summed E-state index contributed by atoms with van der Waals surface area (Å²) in [6.07, 6.45) is 3.89. The Kier molecular flexibility index (Phi) is 7.29. The van der Waals surface area contributed by atoms with Crippen molar-refractivity contribution in [2.45, 2.75) is 70.2 Å². The number of fused-ring (bicyclic) bond motifs is 5. The van der Waals surface area contributed by atoms with Crippen molar-refractivity contribution in [2.75, 3.05) is 20.3 Å². The first-order valence-corrected chi connectivity index (χ1v) is 13.3. The molecule has 0 fully saturated rings. The third-order valence-electron chi connectivity index (χ3n) is 7.55. The lowest BCUT2D eigenvalue weighted by Crippen LogP contribution is -2.47. The highest BCUT2D eigenvalue weighted by Gasteiger charge is 2.46. The van der Waals surface area contributed by atoms with Crippen molar-refractivity contribution >= 4 is 17.8 Å². The summed E-state index contributed by atoms with van der Waals surface area (Å²) < 4.78 is 17.6. The number of nitrogens with two attached hydrogens (primary N) is 1. The predicted octanol–water partition coefficient (Wildman–Crippen LogP) is 3.50. The van der Waals surface area contributed by atoms with E-state index in [0.29, 0.717) is 36.5 Å². The number of hydrogen-bond acceptors (Lipinski definition) is 7. The quantitative estimate of drug-likeness (QED) is 0.638. The number of rotatable bonds is 4. The highest BCUT2D eigenvalue weighted by Crippen LogP contribution is 2.44. The molecule has 3 N–H and O–H groups in total. The van der Waals surface area contributed by atoms with E-state index in [1.165, 1.54) is 10.5 Å². The van der Waals surface area contributed by atoms with Gasteiger partial charge in [-0.2, -0.15) is 0 Å². The molecule has 0 aliphatic carbocycles. The lowest BCUT2D eigenvalue weighted by molar-refractivity contribution is -0.128. The fourth-order valence-electron chi connectivity index (χ4n) is 5.65. The SMILES string of the molecule is CCOc1ccc2cc1CN1C(=O)CC(CCCCc3ccc4c(c3)C(NC2=O)C(C)(COC)O4)N=C1N. The Morgan fingerprint density at radius 3 is 2.82 bits per heavy atom. The second-order valence-corrected chi connectivity index (χ2v) is 10.5. The minimum atomic E-state index is -0.761. The number of aryl methyl sites for hydroxylation is 1. The number of amides is 2. The average Bonchev–Trinajstić information content (AvgIpc) is 3.15. The van der Waals surface area contributed by atoms with E-state index in [2.05, 4.69) is 22.4 Å². The third-order valence-corrected chi connectivity index (χ3v) is 7.55. The van der Waals surface area contributed by atoms with Gasteiger partial charge in [0.15, 0.2) is 11.6 Å². The molecular formula is C29H36N4O5. The monoisotopic (exact) mass is 520 g/mol. The van der Waals surface area contributed by atoms with Crippen molar-refractivity contribution in [1.29, 1.82) is 0 Å². The predicted molar refractivity (Wildman–Crippen MR) is 143 cm³/mol. The van der Waals surface area contributed by atoms with E-state index in [0.717, 1.165) is 37.0 Å². The number of nitrogens with zero attached hydrogens (tertiary/aromatic N) is 2. The van der Waals surface area contributed by atoms with Crippen LogP contribution in [0.2, 0.25) is 0 Å². The van der Waals surface area contributed by atoms with Crippen LogP contribution < -0.4 is 20.5 Å². The Morgan fingerprint density at radius 1 is 1.21 bits per heavy atom. The van der Waals surface area contributed by atoms with Gasteiger partial charge in [0.1, 0.15) is 11.5 Å². The number of ether oxygens (including phenoxy) is 3. The highest BCUT2D eigenvalue weighted by molar-refractivity contribution is 5.99. The summed E-state index contributed by atoms with van der Waals surface area (Å²) in [4.78, 5) is 32.8. The number of hydrogen-bond donors (Lipinski definition) is 2. The zero-order chi connectivity index (χ0) is 26.9. The molecule has 202 valence electrons. The Hall–Kier alpha value is -3.59. The summed E-state index contributed by atoms with van der Waals surface area (Å²) in [6, 6.07) is 10.9. The second-order valence-electron chi connectivity index (χ2n) is 10.5. The number of nitrogens with one attached hydrogen (secondary N) is 1. The zero-order valence-electron chi connectivity index (χ0n) is 22.3. The molecule has 2 aromatic carbocycles. The van der Waals surface area contributed by atoms with Crippen molar-refractivity contribution in [3.8, 4) is 11.5 Å². The van der Waals surface area contributed by atoms with E-state index in [-0.39, 0.29) is 30.4 Å². The number of benzene rings is 2. The van der Waals surface area contributed by atoms with Crippen molar-refractivity contribution in [3.63, 3.8) is 0 Å². The summed E-state index contributed by atoms with van der Waals surface area (Å²) in [5, 5.41) is 3.20. The van der Waals surface area contributed by atoms with Crippen molar-refractivity contribution in [1.82, 2.24) is 10.2 Å². The molecule has 0 radical (unpaired) electrons. The molecule has 0 aromatic heterocycles. The van der Waals surface area contributed by atoms with Crippen LogP contribution in [-0.4, -0.2) is 54.6 Å². The van der Waals surface area contributed by atoms with Crippen LogP contribution in [0.4, 0.5) is 0 Å². The van der Waals surface area contributed by atoms with E-state index >= 15 is 0 Å². The van der Waals surface area contributed by atoms with Gasteiger partial charge in [0.25, 0.3) is 5.91 Å². The number of carbonyl (C=O) groups excluding carboxylic acids is 2. The van der Waals surface area contributed by atoms with Gasteiger partial charge >= 0.3 is 0 Å². The summed E-state index contributed by atoms with van der Waals surface area (Å²) in [7, 11) is 1.63.